The van der Waals surface area contributed by atoms with E-state index in [-0.39, 0.29) is 5.91 Å². The monoisotopic (exact) mass is 250 g/mol. The summed E-state index contributed by atoms with van der Waals surface area (Å²) in [4.78, 5) is 13.9. The van der Waals surface area contributed by atoms with Gasteiger partial charge < -0.3 is 10.2 Å². The summed E-state index contributed by atoms with van der Waals surface area (Å²) < 4.78 is 0. The Kier molecular flexibility index (Phi) is 5.72. The number of carbonyl (C=O) groups is 1. The zero-order valence-corrected chi connectivity index (χ0v) is 11.4. The highest BCUT2D eigenvalue weighted by molar-refractivity contribution is 5.78. The second-order valence-corrected chi connectivity index (χ2v) is 5.48. The number of nitrogens with one attached hydrogen (secondary N) is 1. The lowest BCUT2D eigenvalue weighted by Crippen LogP contribution is -2.41. The van der Waals surface area contributed by atoms with Gasteiger partial charge in [0, 0.05) is 13.1 Å². The molecule has 1 aliphatic carbocycles. The number of carbonyl (C=O) groups excluding carboxylic acids is 1. The molecule has 0 atom stereocenters. The van der Waals surface area contributed by atoms with Gasteiger partial charge in [-0.1, -0.05) is 11.6 Å². The lowest BCUT2D eigenvalue weighted by molar-refractivity contribution is -0.131. The number of piperidine rings is 1. The first-order chi connectivity index (χ1) is 8.86. The van der Waals surface area contributed by atoms with Gasteiger partial charge in [0.2, 0.25) is 5.91 Å². The SMILES string of the molecule is O=C(CNCCC1=CCCCC1)N1CCCCC1. The average Bonchev–Trinajstić information content (AvgIpc) is 2.45. The summed E-state index contributed by atoms with van der Waals surface area (Å²) in [6, 6.07) is 0. The molecule has 1 aliphatic heterocycles. The van der Waals surface area contributed by atoms with Crippen molar-refractivity contribution in [3.8, 4) is 0 Å². The molecule has 0 aromatic rings. The lowest BCUT2D eigenvalue weighted by Gasteiger charge is -2.26. The minimum absolute atomic E-state index is 0.285. The van der Waals surface area contributed by atoms with Gasteiger partial charge in [0.15, 0.2) is 0 Å². The molecule has 1 heterocycles. The van der Waals surface area contributed by atoms with Crippen LogP contribution < -0.4 is 5.32 Å². The first-order valence-electron chi connectivity index (χ1n) is 7.52. The van der Waals surface area contributed by atoms with Crippen molar-refractivity contribution in [1.82, 2.24) is 10.2 Å². The third-order valence-electron chi connectivity index (χ3n) is 3.99. The maximum Gasteiger partial charge on any atom is 0.236 e. The number of nitrogens with zero attached hydrogens (tertiary/aromatic N) is 1. The number of allylic oxidation sites excluding steroid dienone is 1. The van der Waals surface area contributed by atoms with E-state index in [4.69, 9.17) is 0 Å². The molecule has 0 saturated carbocycles. The summed E-state index contributed by atoms with van der Waals surface area (Å²) >= 11 is 0. The van der Waals surface area contributed by atoms with E-state index in [1.165, 1.54) is 44.9 Å². The molecule has 1 N–H and O–H groups in total. The normalized spacial score (nSPS) is 20.7. The van der Waals surface area contributed by atoms with Gasteiger partial charge in [-0.15, -0.1) is 0 Å². The van der Waals surface area contributed by atoms with E-state index >= 15 is 0 Å². The van der Waals surface area contributed by atoms with Gasteiger partial charge in [0.25, 0.3) is 0 Å². The standard InChI is InChI=1S/C15H26N2O/c18-15(17-11-5-2-6-12-17)13-16-10-9-14-7-3-1-4-8-14/h7,16H,1-6,8-13H2. The minimum Gasteiger partial charge on any atom is -0.342 e. The molecular formula is C15H26N2O. The van der Waals surface area contributed by atoms with Gasteiger partial charge >= 0.3 is 0 Å². The van der Waals surface area contributed by atoms with E-state index in [2.05, 4.69) is 11.4 Å². The molecular weight excluding hydrogens is 224 g/mol. The maximum absolute atomic E-state index is 11.9. The van der Waals surface area contributed by atoms with Gasteiger partial charge in [-0.3, -0.25) is 4.79 Å². The molecule has 1 saturated heterocycles. The van der Waals surface area contributed by atoms with Crippen LogP contribution in [0.25, 0.3) is 0 Å². The lowest BCUT2D eigenvalue weighted by atomic mass is 9.97. The van der Waals surface area contributed by atoms with Crippen LogP contribution >= 0.6 is 0 Å². The molecule has 2 aliphatic rings. The molecule has 18 heavy (non-hydrogen) atoms. The number of rotatable bonds is 5. The number of likely N-dealkylation sites (tertiary alicyclic amines) is 1. The Hall–Kier alpha value is -0.830. The molecule has 102 valence electrons. The van der Waals surface area contributed by atoms with Crippen molar-refractivity contribution in [2.75, 3.05) is 26.2 Å². The highest BCUT2D eigenvalue weighted by Gasteiger charge is 2.15. The molecule has 0 unspecified atom stereocenters. The second kappa shape index (κ2) is 7.57. The van der Waals surface area contributed by atoms with Gasteiger partial charge in [-0.2, -0.15) is 0 Å². The Morgan fingerprint density at radius 1 is 1.17 bits per heavy atom. The summed E-state index contributed by atoms with van der Waals surface area (Å²) in [5, 5.41) is 3.30. The zero-order chi connectivity index (χ0) is 12.6. The van der Waals surface area contributed by atoms with Crippen LogP contribution in [0.4, 0.5) is 0 Å². The highest BCUT2D eigenvalue weighted by atomic mass is 16.2. The maximum atomic E-state index is 11.9. The van der Waals surface area contributed by atoms with Crippen LogP contribution in [0.5, 0.6) is 0 Å². The summed E-state index contributed by atoms with van der Waals surface area (Å²) in [7, 11) is 0. The largest absolute Gasteiger partial charge is 0.342 e. The van der Waals surface area contributed by atoms with E-state index in [1.807, 2.05) is 4.90 Å². The smallest absolute Gasteiger partial charge is 0.236 e. The van der Waals surface area contributed by atoms with E-state index < -0.39 is 0 Å². The van der Waals surface area contributed by atoms with Crippen LogP contribution in [0.15, 0.2) is 11.6 Å². The van der Waals surface area contributed by atoms with Crippen molar-refractivity contribution in [2.45, 2.75) is 51.4 Å². The van der Waals surface area contributed by atoms with Gasteiger partial charge in [0.1, 0.15) is 0 Å². The Balaban J connectivity index is 1.57. The highest BCUT2D eigenvalue weighted by Crippen LogP contribution is 2.19. The molecule has 1 amide bonds. The van der Waals surface area contributed by atoms with Crippen molar-refractivity contribution < 1.29 is 4.79 Å². The Bertz CT molecular complexity index is 293. The first-order valence-corrected chi connectivity index (χ1v) is 7.52. The molecule has 0 aromatic heterocycles. The van der Waals surface area contributed by atoms with Gasteiger partial charge in [-0.05, 0) is 57.9 Å². The summed E-state index contributed by atoms with van der Waals surface area (Å²) in [6.07, 6.45) is 12.4. The predicted molar refractivity (Wildman–Crippen MR) is 74.5 cm³/mol. The number of amides is 1. The Morgan fingerprint density at radius 3 is 2.72 bits per heavy atom. The topological polar surface area (TPSA) is 32.3 Å². The summed E-state index contributed by atoms with van der Waals surface area (Å²) in [5.74, 6) is 0.285. The Labute approximate surface area is 111 Å². The van der Waals surface area contributed by atoms with Crippen LogP contribution in [0.2, 0.25) is 0 Å². The van der Waals surface area contributed by atoms with E-state index in [0.29, 0.717) is 6.54 Å². The van der Waals surface area contributed by atoms with Crippen LogP contribution in [0.1, 0.15) is 51.4 Å². The summed E-state index contributed by atoms with van der Waals surface area (Å²) in [5.41, 5.74) is 1.58. The van der Waals surface area contributed by atoms with E-state index in [9.17, 15) is 4.79 Å². The minimum atomic E-state index is 0.285. The average molecular weight is 250 g/mol. The quantitative estimate of drug-likeness (QED) is 0.600. The van der Waals surface area contributed by atoms with Crippen LogP contribution in [-0.4, -0.2) is 37.0 Å². The molecule has 3 nitrogen and oxygen atoms in total. The van der Waals surface area contributed by atoms with Crippen molar-refractivity contribution in [3.05, 3.63) is 11.6 Å². The zero-order valence-electron chi connectivity index (χ0n) is 11.4. The van der Waals surface area contributed by atoms with Crippen molar-refractivity contribution in [1.29, 1.82) is 0 Å². The number of hydrogen-bond donors (Lipinski definition) is 1. The molecule has 0 bridgehead atoms. The molecule has 1 fully saturated rings. The van der Waals surface area contributed by atoms with Crippen LogP contribution in [0.3, 0.4) is 0 Å². The molecule has 0 radical (unpaired) electrons. The van der Waals surface area contributed by atoms with Crippen molar-refractivity contribution >= 4 is 5.91 Å². The van der Waals surface area contributed by atoms with Crippen LogP contribution in [0, 0.1) is 0 Å². The van der Waals surface area contributed by atoms with Gasteiger partial charge in [0.05, 0.1) is 6.54 Å². The van der Waals surface area contributed by atoms with Gasteiger partial charge in [-0.25, -0.2) is 0 Å². The third kappa shape index (κ3) is 4.45. The molecule has 3 heteroatoms. The fourth-order valence-electron chi connectivity index (χ4n) is 2.83. The molecule has 2 rings (SSSR count). The molecule has 0 spiro atoms. The van der Waals surface area contributed by atoms with E-state index in [1.54, 1.807) is 5.57 Å². The third-order valence-corrected chi connectivity index (χ3v) is 3.99. The predicted octanol–water partition coefficient (Wildman–Crippen LogP) is 2.48. The van der Waals surface area contributed by atoms with Crippen molar-refractivity contribution in [2.24, 2.45) is 0 Å². The fraction of sp³-hybridized carbons (Fsp3) is 0.800. The van der Waals surface area contributed by atoms with Crippen molar-refractivity contribution in [3.63, 3.8) is 0 Å². The summed E-state index contributed by atoms with van der Waals surface area (Å²) in [6.45, 7) is 3.40. The number of hydrogen-bond acceptors (Lipinski definition) is 2. The Morgan fingerprint density at radius 2 is 2.00 bits per heavy atom. The van der Waals surface area contributed by atoms with E-state index in [0.717, 1.165) is 26.1 Å². The second-order valence-electron chi connectivity index (χ2n) is 5.48. The molecule has 0 aromatic carbocycles. The van der Waals surface area contributed by atoms with Crippen LogP contribution in [-0.2, 0) is 4.79 Å². The first kappa shape index (κ1) is 13.6. The fourth-order valence-corrected chi connectivity index (χ4v) is 2.83.